The lowest BCUT2D eigenvalue weighted by atomic mass is 9.80. The predicted molar refractivity (Wildman–Crippen MR) is 45.4 cm³/mol. The molecule has 1 fully saturated rings. The average Bonchev–Trinajstić information content (AvgIpc) is 2.04. The van der Waals surface area contributed by atoms with E-state index in [0.717, 1.165) is 13.1 Å². The molecule has 0 spiro atoms. The maximum absolute atomic E-state index is 11.2. The molecule has 64 valence electrons. The van der Waals surface area contributed by atoms with Gasteiger partial charge in [-0.1, -0.05) is 13.8 Å². The van der Waals surface area contributed by atoms with E-state index in [4.69, 9.17) is 0 Å². The van der Waals surface area contributed by atoms with Gasteiger partial charge < -0.3 is 4.90 Å². The topological polar surface area (TPSA) is 20.3 Å². The fourth-order valence-electron chi connectivity index (χ4n) is 2.11. The lowest BCUT2D eigenvalue weighted by Gasteiger charge is -2.22. The number of nitrogens with zero attached hydrogens (tertiary/aromatic N) is 1. The van der Waals surface area contributed by atoms with Crippen LogP contribution in [0.1, 0.15) is 20.8 Å². The molecular weight excluding hydrogens is 138 g/mol. The minimum atomic E-state index is 0.181. The third-order valence-corrected chi connectivity index (χ3v) is 2.61. The van der Waals surface area contributed by atoms with E-state index < -0.39 is 0 Å². The summed E-state index contributed by atoms with van der Waals surface area (Å²) < 4.78 is 0. The molecule has 0 N–H and O–H groups in total. The van der Waals surface area contributed by atoms with Gasteiger partial charge in [-0.05, 0) is 19.4 Å². The molecule has 0 bridgehead atoms. The van der Waals surface area contributed by atoms with Gasteiger partial charge in [0.2, 0.25) is 0 Å². The van der Waals surface area contributed by atoms with E-state index in [1.165, 1.54) is 0 Å². The van der Waals surface area contributed by atoms with Crippen molar-refractivity contribution in [3.05, 3.63) is 0 Å². The van der Waals surface area contributed by atoms with Crippen molar-refractivity contribution in [2.45, 2.75) is 20.8 Å². The van der Waals surface area contributed by atoms with Gasteiger partial charge in [0.15, 0.2) is 0 Å². The van der Waals surface area contributed by atoms with Crippen LogP contribution in [0.2, 0.25) is 0 Å². The van der Waals surface area contributed by atoms with Crippen LogP contribution in [0.25, 0.3) is 0 Å². The molecule has 2 heteroatoms. The first-order valence-electron chi connectivity index (χ1n) is 4.12. The number of hydrogen-bond donors (Lipinski definition) is 0. The number of Topliss-reactive ketones (excluding diaryl/α,β-unsaturated/α-hetero) is 1. The Morgan fingerprint density at radius 1 is 1.55 bits per heavy atom. The van der Waals surface area contributed by atoms with Crippen molar-refractivity contribution in [1.29, 1.82) is 0 Å². The highest BCUT2D eigenvalue weighted by Crippen LogP contribution is 2.34. The first-order valence-corrected chi connectivity index (χ1v) is 4.12. The van der Waals surface area contributed by atoms with Gasteiger partial charge in [-0.15, -0.1) is 0 Å². The van der Waals surface area contributed by atoms with Crippen LogP contribution >= 0.6 is 0 Å². The summed E-state index contributed by atoms with van der Waals surface area (Å²) in [5.74, 6) is 0.576. The van der Waals surface area contributed by atoms with E-state index in [1.807, 2.05) is 0 Å². The summed E-state index contributed by atoms with van der Waals surface area (Å²) in [6.45, 7) is 8.01. The van der Waals surface area contributed by atoms with Crippen LogP contribution in [0.15, 0.2) is 0 Å². The molecular formula is C9H17NO. The minimum Gasteiger partial charge on any atom is -0.305 e. The monoisotopic (exact) mass is 155 g/mol. The largest absolute Gasteiger partial charge is 0.305 e. The zero-order valence-electron chi connectivity index (χ0n) is 7.85. The molecule has 0 aromatic rings. The van der Waals surface area contributed by atoms with Crippen molar-refractivity contribution in [2.24, 2.45) is 11.3 Å². The van der Waals surface area contributed by atoms with Gasteiger partial charge in [-0.2, -0.15) is 0 Å². The summed E-state index contributed by atoms with van der Waals surface area (Å²) in [6.07, 6.45) is 0. The summed E-state index contributed by atoms with van der Waals surface area (Å²) in [5.41, 5.74) is 0.181. The Balaban J connectivity index is 2.74. The van der Waals surface area contributed by atoms with Crippen molar-refractivity contribution in [3.8, 4) is 0 Å². The quantitative estimate of drug-likeness (QED) is 0.566. The number of rotatable bonds is 1. The molecule has 1 heterocycles. The lowest BCUT2D eigenvalue weighted by Crippen LogP contribution is -2.27. The van der Waals surface area contributed by atoms with E-state index >= 15 is 0 Å². The zero-order valence-corrected chi connectivity index (χ0v) is 7.85. The fourth-order valence-corrected chi connectivity index (χ4v) is 2.11. The summed E-state index contributed by atoms with van der Waals surface area (Å²) in [5, 5.41) is 0. The molecule has 0 amide bonds. The molecule has 2 nitrogen and oxygen atoms in total. The number of carbonyl (C=O) groups excluding carboxylic acids is 1. The maximum Gasteiger partial charge on any atom is 0.134 e. The van der Waals surface area contributed by atoms with Crippen LogP contribution in [0, 0.1) is 11.3 Å². The van der Waals surface area contributed by atoms with Crippen molar-refractivity contribution >= 4 is 5.78 Å². The Labute approximate surface area is 68.6 Å². The molecule has 0 saturated carbocycles. The Bertz CT molecular complexity index is 174. The number of likely N-dealkylation sites (tertiary alicyclic amines) is 1. The third kappa shape index (κ3) is 1.62. The third-order valence-electron chi connectivity index (χ3n) is 2.61. The van der Waals surface area contributed by atoms with Gasteiger partial charge in [0.1, 0.15) is 5.78 Å². The summed E-state index contributed by atoms with van der Waals surface area (Å²) in [6, 6.07) is 0. The Morgan fingerprint density at radius 2 is 2.09 bits per heavy atom. The van der Waals surface area contributed by atoms with Crippen LogP contribution in [0.3, 0.4) is 0 Å². The molecule has 11 heavy (non-hydrogen) atoms. The van der Waals surface area contributed by atoms with Gasteiger partial charge in [0, 0.05) is 19.0 Å². The predicted octanol–water partition coefficient (Wildman–Crippen LogP) is 1.16. The SMILES string of the molecule is CC(=O)C1CN(C)CC1(C)C. The Hall–Kier alpha value is -0.370. The van der Waals surface area contributed by atoms with Crippen molar-refractivity contribution in [3.63, 3.8) is 0 Å². The number of carbonyl (C=O) groups is 1. The maximum atomic E-state index is 11.2. The number of hydrogen-bond acceptors (Lipinski definition) is 2. The van der Waals surface area contributed by atoms with E-state index in [-0.39, 0.29) is 11.3 Å². The minimum absolute atomic E-state index is 0.181. The highest BCUT2D eigenvalue weighted by molar-refractivity contribution is 5.79. The van der Waals surface area contributed by atoms with E-state index in [9.17, 15) is 4.79 Å². The van der Waals surface area contributed by atoms with Crippen LogP contribution < -0.4 is 0 Å². The summed E-state index contributed by atoms with van der Waals surface area (Å²) in [4.78, 5) is 13.4. The van der Waals surface area contributed by atoms with Crippen LogP contribution in [-0.2, 0) is 4.79 Å². The second kappa shape index (κ2) is 2.59. The average molecular weight is 155 g/mol. The first-order chi connectivity index (χ1) is 4.93. The van der Waals surface area contributed by atoms with Gasteiger partial charge in [0.05, 0.1) is 0 Å². The molecule has 0 radical (unpaired) electrons. The zero-order chi connectivity index (χ0) is 8.65. The molecule has 0 aliphatic carbocycles. The smallest absolute Gasteiger partial charge is 0.134 e. The molecule has 0 aromatic heterocycles. The Morgan fingerprint density at radius 3 is 2.27 bits per heavy atom. The normalized spacial score (nSPS) is 30.7. The van der Waals surface area contributed by atoms with E-state index in [0.29, 0.717) is 5.78 Å². The second-order valence-corrected chi connectivity index (χ2v) is 4.35. The van der Waals surface area contributed by atoms with Crippen molar-refractivity contribution in [2.75, 3.05) is 20.1 Å². The number of ketones is 1. The van der Waals surface area contributed by atoms with Gasteiger partial charge >= 0.3 is 0 Å². The Kier molecular flexibility index (Phi) is 2.06. The van der Waals surface area contributed by atoms with Gasteiger partial charge in [0.25, 0.3) is 0 Å². The molecule has 1 atom stereocenters. The molecule has 1 unspecified atom stereocenters. The fraction of sp³-hybridized carbons (Fsp3) is 0.889. The van der Waals surface area contributed by atoms with Crippen molar-refractivity contribution < 1.29 is 4.79 Å². The van der Waals surface area contributed by atoms with Crippen LogP contribution in [0.5, 0.6) is 0 Å². The van der Waals surface area contributed by atoms with Crippen molar-refractivity contribution in [1.82, 2.24) is 4.90 Å². The van der Waals surface area contributed by atoms with E-state index in [2.05, 4.69) is 25.8 Å². The summed E-state index contributed by atoms with van der Waals surface area (Å²) >= 11 is 0. The highest BCUT2D eigenvalue weighted by atomic mass is 16.1. The molecule has 0 aromatic carbocycles. The second-order valence-electron chi connectivity index (χ2n) is 4.35. The van der Waals surface area contributed by atoms with Gasteiger partial charge in [-0.3, -0.25) is 4.79 Å². The summed E-state index contributed by atoms with van der Waals surface area (Å²) in [7, 11) is 2.07. The first kappa shape index (κ1) is 8.72. The van der Waals surface area contributed by atoms with Crippen LogP contribution in [-0.4, -0.2) is 30.8 Å². The lowest BCUT2D eigenvalue weighted by molar-refractivity contribution is -0.122. The molecule has 1 aliphatic heterocycles. The molecule has 1 rings (SSSR count). The standard InChI is InChI=1S/C9H17NO/c1-7(11)8-5-10(4)6-9(8,2)3/h8H,5-6H2,1-4H3. The van der Waals surface area contributed by atoms with Gasteiger partial charge in [-0.25, -0.2) is 0 Å². The molecule has 1 saturated heterocycles. The highest BCUT2D eigenvalue weighted by Gasteiger charge is 2.40. The molecule has 1 aliphatic rings. The van der Waals surface area contributed by atoms with E-state index in [1.54, 1.807) is 6.92 Å². The van der Waals surface area contributed by atoms with Crippen LogP contribution in [0.4, 0.5) is 0 Å².